The molecule has 0 aromatic carbocycles. The molecule has 1 aliphatic rings. The van der Waals surface area contributed by atoms with Crippen LogP contribution in [0.4, 0.5) is 0 Å². The molecule has 8 heteroatoms. The number of hydrogen-bond acceptors (Lipinski definition) is 5. The molecule has 120 valence electrons. The Hall–Kier alpha value is -0.960. The molecule has 1 aromatic heterocycles. The Kier molecular flexibility index (Phi) is 4.72. The van der Waals surface area contributed by atoms with Gasteiger partial charge in [0.2, 0.25) is 10.0 Å². The first kappa shape index (κ1) is 16.4. The van der Waals surface area contributed by atoms with Gasteiger partial charge in [0, 0.05) is 19.8 Å². The van der Waals surface area contributed by atoms with Crippen molar-refractivity contribution in [3.05, 3.63) is 11.4 Å². The molecular weight excluding hydrogens is 294 g/mol. The first-order chi connectivity index (χ1) is 9.79. The van der Waals surface area contributed by atoms with Gasteiger partial charge in [-0.3, -0.25) is 4.68 Å². The molecule has 2 rings (SSSR count). The number of ether oxygens (including phenoxy) is 1. The summed E-state index contributed by atoms with van der Waals surface area (Å²) in [7, 11) is -3.64. The van der Waals surface area contributed by atoms with Gasteiger partial charge in [0.15, 0.2) is 0 Å². The first-order valence-electron chi connectivity index (χ1n) is 7.06. The highest BCUT2D eigenvalue weighted by atomic mass is 32.2. The molecule has 1 fully saturated rings. The van der Waals surface area contributed by atoms with Crippen LogP contribution in [0.5, 0.6) is 0 Å². The molecule has 2 heterocycles. The molecule has 1 aromatic rings. The summed E-state index contributed by atoms with van der Waals surface area (Å²) in [6.45, 7) is 6.76. The van der Waals surface area contributed by atoms with Crippen molar-refractivity contribution < 1.29 is 18.3 Å². The molecule has 0 amide bonds. The van der Waals surface area contributed by atoms with Crippen LogP contribution in [0, 0.1) is 13.8 Å². The van der Waals surface area contributed by atoms with Gasteiger partial charge in [-0.2, -0.15) is 5.10 Å². The van der Waals surface area contributed by atoms with Crippen LogP contribution in [-0.4, -0.2) is 48.7 Å². The van der Waals surface area contributed by atoms with E-state index in [0.29, 0.717) is 44.0 Å². The van der Waals surface area contributed by atoms with Crippen molar-refractivity contribution in [3.8, 4) is 0 Å². The predicted octanol–water partition coefficient (Wildman–Crippen LogP) is 0.340. The number of sulfonamides is 1. The number of aliphatic hydroxyl groups is 1. The summed E-state index contributed by atoms with van der Waals surface area (Å²) < 4.78 is 35.0. The van der Waals surface area contributed by atoms with Crippen molar-refractivity contribution >= 4 is 10.0 Å². The summed E-state index contributed by atoms with van der Waals surface area (Å²) in [5.74, 6) is 0. The van der Waals surface area contributed by atoms with E-state index in [1.165, 1.54) is 0 Å². The number of aromatic nitrogens is 2. The molecule has 7 nitrogen and oxygen atoms in total. The molecule has 0 bridgehead atoms. The van der Waals surface area contributed by atoms with Crippen molar-refractivity contribution in [2.45, 2.75) is 50.6 Å². The van der Waals surface area contributed by atoms with Gasteiger partial charge >= 0.3 is 0 Å². The van der Waals surface area contributed by atoms with Gasteiger partial charge in [0.25, 0.3) is 0 Å². The maximum atomic E-state index is 12.7. The van der Waals surface area contributed by atoms with E-state index >= 15 is 0 Å². The summed E-state index contributed by atoms with van der Waals surface area (Å²) in [6, 6.07) is 0. The van der Waals surface area contributed by atoms with E-state index in [9.17, 15) is 8.42 Å². The lowest BCUT2D eigenvalue weighted by Gasteiger charge is -2.23. The maximum Gasteiger partial charge on any atom is 0.244 e. The van der Waals surface area contributed by atoms with Crippen molar-refractivity contribution in [3.63, 3.8) is 0 Å². The number of nitrogens with zero attached hydrogens (tertiary/aromatic N) is 2. The maximum absolute atomic E-state index is 12.7. The van der Waals surface area contributed by atoms with Crippen LogP contribution in [0.25, 0.3) is 0 Å². The van der Waals surface area contributed by atoms with Crippen LogP contribution in [0.3, 0.4) is 0 Å². The highest BCUT2D eigenvalue weighted by molar-refractivity contribution is 7.89. The lowest BCUT2D eigenvalue weighted by Crippen LogP contribution is -2.46. The van der Waals surface area contributed by atoms with Gasteiger partial charge in [-0.05, 0) is 33.6 Å². The molecule has 2 N–H and O–H groups in total. The molecule has 0 radical (unpaired) electrons. The number of aliphatic hydroxyl groups excluding tert-OH is 1. The highest BCUT2D eigenvalue weighted by Crippen LogP contribution is 2.25. The van der Waals surface area contributed by atoms with Crippen LogP contribution in [-0.2, 0) is 21.3 Å². The van der Waals surface area contributed by atoms with E-state index in [2.05, 4.69) is 9.82 Å². The Labute approximate surface area is 125 Å². The second kappa shape index (κ2) is 6.04. The zero-order valence-corrected chi connectivity index (χ0v) is 13.5. The van der Waals surface area contributed by atoms with Crippen LogP contribution in [0.2, 0.25) is 0 Å². The van der Waals surface area contributed by atoms with Gasteiger partial charge < -0.3 is 9.84 Å². The first-order valence-corrected chi connectivity index (χ1v) is 8.54. The Morgan fingerprint density at radius 2 is 2.19 bits per heavy atom. The third kappa shape index (κ3) is 3.45. The Morgan fingerprint density at radius 3 is 2.76 bits per heavy atom. The molecule has 0 saturated carbocycles. The topological polar surface area (TPSA) is 93.5 Å². The zero-order chi connectivity index (χ0) is 15.7. The van der Waals surface area contributed by atoms with E-state index in [4.69, 9.17) is 9.84 Å². The van der Waals surface area contributed by atoms with Crippen LogP contribution in [0.15, 0.2) is 4.90 Å². The van der Waals surface area contributed by atoms with Gasteiger partial charge in [-0.1, -0.05) is 0 Å². The molecule has 21 heavy (non-hydrogen) atoms. The lowest BCUT2D eigenvalue weighted by molar-refractivity contribution is 0.178. The monoisotopic (exact) mass is 317 g/mol. The SMILES string of the molecule is Cc1nn(CCCO)c(C)c1S(=O)(=O)NC1(C)CCOC1. The smallest absolute Gasteiger partial charge is 0.244 e. The van der Waals surface area contributed by atoms with Crippen molar-refractivity contribution in [1.29, 1.82) is 0 Å². The third-order valence-electron chi connectivity index (χ3n) is 3.71. The van der Waals surface area contributed by atoms with Crippen LogP contribution >= 0.6 is 0 Å². The third-order valence-corrected chi connectivity index (χ3v) is 5.60. The second-order valence-corrected chi connectivity index (χ2v) is 7.39. The number of rotatable bonds is 6. The summed E-state index contributed by atoms with van der Waals surface area (Å²) in [4.78, 5) is 0.230. The summed E-state index contributed by atoms with van der Waals surface area (Å²) >= 11 is 0. The minimum atomic E-state index is -3.64. The molecule has 1 unspecified atom stereocenters. The predicted molar refractivity (Wildman–Crippen MR) is 77.6 cm³/mol. The number of nitrogens with one attached hydrogen (secondary N) is 1. The van der Waals surface area contributed by atoms with Crippen molar-refractivity contribution in [1.82, 2.24) is 14.5 Å². The Bertz CT molecular complexity index is 603. The summed E-state index contributed by atoms with van der Waals surface area (Å²) in [5, 5.41) is 13.2. The average molecular weight is 317 g/mol. The van der Waals surface area contributed by atoms with Gasteiger partial charge in [-0.25, -0.2) is 13.1 Å². The minimum Gasteiger partial charge on any atom is -0.396 e. The summed E-state index contributed by atoms with van der Waals surface area (Å²) in [5.41, 5.74) is 0.502. The second-order valence-electron chi connectivity index (χ2n) is 5.77. The van der Waals surface area contributed by atoms with E-state index in [1.54, 1.807) is 18.5 Å². The van der Waals surface area contributed by atoms with Gasteiger partial charge in [0.05, 0.1) is 23.5 Å². The molecule has 1 atom stereocenters. The molecule has 1 saturated heterocycles. The van der Waals surface area contributed by atoms with Crippen LogP contribution in [0.1, 0.15) is 31.2 Å². The molecule has 0 aliphatic carbocycles. The van der Waals surface area contributed by atoms with Gasteiger partial charge in [0.1, 0.15) is 4.90 Å². The average Bonchev–Trinajstić information content (AvgIpc) is 2.90. The molecule has 0 spiro atoms. The van der Waals surface area contributed by atoms with E-state index in [1.807, 2.05) is 6.92 Å². The van der Waals surface area contributed by atoms with E-state index in [-0.39, 0.29) is 11.5 Å². The van der Waals surface area contributed by atoms with E-state index in [0.717, 1.165) is 0 Å². The van der Waals surface area contributed by atoms with Crippen LogP contribution < -0.4 is 4.72 Å². The van der Waals surface area contributed by atoms with Gasteiger partial charge in [-0.15, -0.1) is 0 Å². The Morgan fingerprint density at radius 1 is 1.48 bits per heavy atom. The number of aryl methyl sites for hydroxylation is 2. The highest BCUT2D eigenvalue weighted by Gasteiger charge is 2.36. The molecule has 1 aliphatic heterocycles. The fourth-order valence-corrected chi connectivity index (χ4v) is 4.47. The van der Waals surface area contributed by atoms with E-state index < -0.39 is 15.6 Å². The summed E-state index contributed by atoms with van der Waals surface area (Å²) in [6.07, 6.45) is 1.20. The quantitative estimate of drug-likeness (QED) is 0.789. The number of hydrogen-bond donors (Lipinski definition) is 2. The standard InChI is InChI=1S/C13H23N3O4S/c1-10-12(11(2)16(14-10)6-4-7-17)21(18,19)15-13(3)5-8-20-9-13/h15,17H,4-9H2,1-3H3. The fourth-order valence-electron chi connectivity index (χ4n) is 2.63. The fraction of sp³-hybridized carbons (Fsp3) is 0.769. The largest absolute Gasteiger partial charge is 0.396 e. The molecular formula is C13H23N3O4S. The van der Waals surface area contributed by atoms with Crippen molar-refractivity contribution in [2.75, 3.05) is 19.8 Å². The minimum absolute atomic E-state index is 0.0497. The lowest BCUT2D eigenvalue weighted by atomic mass is 10.0. The Balaban J connectivity index is 2.29. The normalized spacial score (nSPS) is 22.9. The van der Waals surface area contributed by atoms with Crippen molar-refractivity contribution in [2.24, 2.45) is 0 Å². The zero-order valence-electron chi connectivity index (χ0n) is 12.7.